The van der Waals surface area contributed by atoms with E-state index in [-0.39, 0.29) is 30.7 Å². The minimum Gasteiger partial charge on any atom is -0.353 e. The third-order valence-corrected chi connectivity index (χ3v) is 4.77. The van der Waals surface area contributed by atoms with E-state index in [1.807, 2.05) is 0 Å². The molecule has 0 aromatic rings. The molecule has 0 radical (unpaired) electrons. The topological polar surface area (TPSA) is 58.4 Å². The van der Waals surface area contributed by atoms with Gasteiger partial charge in [-0.3, -0.25) is 9.69 Å². The van der Waals surface area contributed by atoms with E-state index in [0.29, 0.717) is 12.0 Å². The Morgan fingerprint density at radius 1 is 1.29 bits per heavy atom. The van der Waals surface area contributed by atoms with Crippen LogP contribution in [0.3, 0.4) is 0 Å². The van der Waals surface area contributed by atoms with Gasteiger partial charge in [-0.1, -0.05) is 20.8 Å². The standard InChI is InChI=1S/C15H29N3O.2ClH/c1-11(2)13(18-8-4-12(3)5-9-18)10-17-14(19)15(16)6-7-15;;/h11-13H,4-10,16H2,1-3H3,(H,17,19);2*1H. The second-order valence-corrected chi connectivity index (χ2v) is 6.90. The molecule has 0 spiro atoms. The van der Waals surface area contributed by atoms with Crippen molar-refractivity contribution in [3.63, 3.8) is 0 Å². The smallest absolute Gasteiger partial charge is 0.240 e. The first-order valence-electron chi connectivity index (χ1n) is 7.73. The van der Waals surface area contributed by atoms with Crippen LogP contribution in [-0.2, 0) is 4.79 Å². The molecule has 2 aliphatic rings. The van der Waals surface area contributed by atoms with Gasteiger partial charge in [0, 0.05) is 12.6 Å². The number of carbonyl (C=O) groups excluding carboxylic acids is 1. The Kier molecular flexibility index (Phi) is 8.55. The van der Waals surface area contributed by atoms with E-state index in [2.05, 4.69) is 31.0 Å². The van der Waals surface area contributed by atoms with E-state index < -0.39 is 5.54 Å². The fraction of sp³-hybridized carbons (Fsp3) is 0.933. The number of rotatable bonds is 5. The number of nitrogens with two attached hydrogens (primary N) is 1. The van der Waals surface area contributed by atoms with Crippen molar-refractivity contribution in [3.05, 3.63) is 0 Å². The molecule has 1 aliphatic heterocycles. The summed E-state index contributed by atoms with van der Waals surface area (Å²) in [5.41, 5.74) is 5.38. The number of nitrogens with zero attached hydrogens (tertiary/aromatic N) is 1. The lowest BCUT2D eigenvalue weighted by atomic mass is 9.94. The van der Waals surface area contributed by atoms with Gasteiger partial charge in [-0.05, 0) is 50.6 Å². The van der Waals surface area contributed by atoms with E-state index >= 15 is 0 Å². The second-order valence-electron chi connectivity index (χ2n) is 6.90. The van der Waals surface area contributed by atoms with Crippen molar-refractivity contribution >= 4 is 30.7 Å². The summed E-state index contributed by atoms with van der Waals surface area (Å²) in [7, 11) is 0. The van der Waals surface area contributed by atoms with E-state index in [9.17, 15) is 4.79 Å². The zero-order chi connectivity index (χ0) is 14.0. The van der Waals surface area contributed by atoms with Gasteiger partial charge in [0.1, 0.15) is 0 Å². The fourth-order valence-corrected chi connectivity index (χ4v) is 2.88. The highest BCUT2D eigenvalue weighted by molar-refractivity contribution is 5.89. The Hall–Kier alpha value is -0.0300. The number of amides is 1. The molecule has 3 N–H and O–H groups in total. The molecule has 2 rings (SSSR count). The van der Waals surface area contributed by atoms with Crippen LogP contribution in [0.5, 0.6) is 0 Å². The van der Waals surface area contributed by atoms with E-state index in [4.69, 9.17) is 5.73 Å². The van der Waals surface area contributed by atoms with E-state index in [0.717, 1.165) is 38.4 Å². The van der Waals surface area contributed by atoms with Gasteiger partial charge in [0.25, 0.3) is 0 Å². The number of hydrogen-bond donors (Lipinski definition) is 2. The average Bonchev–Trinajstić information content (AvgIpc) is 3.10. The van der Waals surface area contributed by atoms with Crippen LogP contribution in [0, 0.1) is 11.8 Å². The Labute approximate surface area is 141 Å². The van der Waals surface area contributed by atoms with Crippen LogP contribution in [-0.4, -0.2) is 42.0 Å². The number of nitrogens with one attached hydrogen (secondary N) is 1. The van der Waals surface area contributed by atoms with Crippen molar-refractivity contribution in [2.24, 2.45) is 17.6 Å². The molecule has 0 bridgehead atoms. The van der Waals surface area contributed by atoms with Crippen molar-refractivity contribution in [1.82, 2.24) is 10.2 Å². The van der Waals surface area contributed by atoms with E-state index in [1.165, 1.54) is 12.8 Å². The first kappa shape index (κ1) is 21.0. The first-order chi connectivity index (χ1) is 8.92. The number of halogens is 2. The van der Waals surface area contributed by atoms with Crippen LogP contribution in [0.25, 0.3) is 0 Å². The maximum Gasteiger partial charge on any atom is 0.240 e. The lowest BCUT2D eigenvalue weighted by molar-refractivity contribution is -0.123. The van der Waals surface area contributed by atoms with Crippen molar-refractivity contribution in [1.29, 1.82) is 0 Å². The summed E-state index contributed by atoms with van der Waals surface area (Å²) in [6, 6.07) is 0.443. The lowest BCUT2D eigenvalue weighted by Gasteiger charge is -2.39. The fourth-order valence-electron chi connectivity index (χ4n) is 2.88. The molecule has 0 aromatic carbocycles. The van der Waals surface area contributed by atoms with Gasteiger partial charge in [0.2, 0.25) is 5.91 Å². The van der Waals surface area contributed by atoms with Gasteiger partial charge in [-0.25, -0.2) is 0 Å². The monoisotopic (exact) mass is 339 g/mol. The number of piperidine rings is 1. The molecule has 1 amide bonds. The highest BCUT2D eigenvalue weighted by Gasteiger charge is 2.46. The number of carbonyl (C=O) groups is 1. The summed E-state index contributed by atoms with van der Waals surface area (Å²) in [4.78, 5) is 14.5. The Morgan fingerprint density at radius 2 is 1.81 bits per heavy atom. The molecule has 1 unspecified atom stereocenters. The normalized spacial score (nSPS) is 22.9. The summed E-state index contributed by atoms with van der Waals surface area (Å²) in [5.74, 6) is 1.45. The van der Waals surface area contributed by atoms with Gasteiger partial charge in [0.05, 0.1) is 5.54 Å². The summed E-state index contributed by atoms with van der Waals surface area (Å²) < 4.78 is 0. The van der Waals surface area contributed by atoms with Crippen molar-refractivity contribution in [2.45, 2.75) is 58.0 Å². The van der Waals surface area contributed by atoms with Crippen molar-refractivity contribution in [2.75, 3.05) is 19.6 Å². The molecule has 0 aromatic heterocycles. The minimum absolute atomic E-state index is 0. The number of likely N-dealkylation sites (tertiary alicyclic amines) is 1. The maximum absolute atomic E-state index is 11.9. The molecule has 4 nitrogen and oxygen atoms in total. The largest absolute Gasteiger partial charge is 0.353 e. The molecule has 1 heterocycles. The van der Waals surface area contributed by atoms with Gasteiger partial charge >= 0.3 is 0 Å². The van der Waals surface area contributed by atoms with Gasteiger partial charge in [-0.15, -0.1) is 24.8 Å². The average molecular weight is 340 g/mol. The molecular weight excluding hydrogens is 309 g/mol. The second kappa shape index (κ2) is 8.56. The van der Waals surface area contributed by atoms with Crippen LogP contribution in [0.1, 0.15) is 46.5 Å². The molecule has 21 heavy (non-hydrogen) atoms. The van der Waals surface area contributed by atoms with E-state index in [1.54, 1.807) is 0 Å². The van der Waals surface area contributed by atoms with Crippen LogP contribution in [0.4, 0.5) is 0 Å². The first-order valence-corrected chi connectivity index (χ1v) is 7.73. The summed E-state index contributed by atoms with van der Waals surface area (Å²) in [5, 5.41) is 3.07. The SMILES string of the molecule is CC1CCN(C(CNC(=O)C2(N)CC2)C(C)C)CC1.Cl.Cl. The maximum atomic E-state index is 11.9. The predicted molar refractivity (Wildman–Crippen MR) is 92.3 cm³/mol. The van der Waals surface area contributed by atoms with Gasteiger partial charge in [-0.2, -0.15) is 0 Å². The summed E-state index contributed by atoms with van der Waals surface area (Å²) in [6.07, 6.45) is 4.23. The molecule has 1 atom stereocenters. The molecule has 2 fully saturated rings. The third kappa shape index (κ3) is 5.59. The predicted octanol–water partition coefficient (Wildman–Crippen LogP) is 2.19. The molecular formula is C15H31Cl2N3O. The summed E-state index contributed by atoms with van der Waals surface area (Å²) in [6.45, 7) is 9.87. The van der Waals surface area contributed by atoms with Crippen LogP contribution < -0.4 is 11.1 Å². The lowest BCUT2D eigenvalue weighted by Crippen LogP contribution is -2.52. The zero-order valence-corrected chi connectivity index (χ0v) is 15.1. The Balaban J connectivity index is 0.00000200. The van der Waals surface area contributed by atoms with Crippen LogP contribution in [0.15, 0.2) is 0 Å². The highest BCUT2D eigenvalue weighted by atomic mass is 35.5. The zero-order valence-electron chi connectivity index (χ0n) is 13.4. The Morgan fingerprint density at radius 3 is 2.24 bits per heavy atom. The van der Waals surface area contributed by atoms with Crippen molar-refractivity contribution in [3.8, 4) is 0 Å². The van der Waals surface area contributed by atoms with Gasteiger partial charge < -0.3 is 11.1 Å². The summed E-state index contributed by atoms with van der Waals surface area (Å²) >= 11 is 0. The number of hydrogen-bond acceptors (Lipinski definition) is 3. The highest BCUT2D eigenvalue weighted by Crippen LogP contribution is 2.32. The van der Waals surface area contributed by atoms with Crippen LogP contribution in [0.2, 0.25) is 0 Å². The molecule has 1 saturated heterocycles. The minimum atomic E-state index is -0.544. The van der Waals surface area contributed by atoms with Crippen LogP contribution >= 0.6 is 24.8 Å². The Bertz CT molecular complexity index is 327. The third-order valence-electron chi connectivity index (χ3n) is 4.77. The molecule has 126 valence electrons. The molecule has 1 saturated carbocycles. The molecule has 6 heteroatoms. The van der Waals surface area contributed by atoms with Crippen molar-refractivity contribution < 1.29 is 4.79 Å². The van der Waals surface area contributed by atoms with Gasteiger partial charge in [0.15, 0.2) is 0 Å². The molecule has 1 aliphatic carbocycles. The quantitative estimate of drug-likeness (QED) is 0.807.